The van der Waals surface area contributed by atoms with Crippen molar-refractivity contribution in [1.82, 2.24) is 10.2 Å². The maximum atomic E-state index is 13.6. The van der Waals surface area contributed by atoms with Crippen LogP contribution in [0.4, 0.5) is 0 Å². The van der Waals surface area contributed by atoms with Crippen molar-refractivity contribution in [3.63, 3.8) is 0 Å². The van der Waals surface area contributed by atoms with Crippen LogP contribution in [0.15, 0.2) is 81.7 Å². The first-order chi connectivity index (χ1) is 17.2. The number of ether oxygens (including phenoxy) is 1. The van der Waals surface area contributed by atoms with E-state index in [9.17, 15) is 9.59 Å². The summed E-state index contributed by atoms with van der Waals surface area (Å²) in [5, 5.41) is 3.03. The molecule has 0 saturated carbocycles. The van der Waals surface area contributed by atoms with E-state index in [0.717, 1.165) is 25.6 Å². The molecule has 0 aliphatic rings. The highest BCUT2D eigenvalue weighted by Gasteiger charge is 2.30. The van der Waals surface area contributed by atoms with Crippen LogP contribution in [0.5, 0.6) is 5.75 Å². The van der Waals surface area contributed by atoms with Crippen molar-refractivity contribution in [2.45, 2.75) is 39.8 Å². The molecule has 36 heavy (non-hydrogen) atoms. The molecule has 2 amide bonds. The summed E-state index contributed by atoms with van der Waals surface area (Å²) in [6.45, 7) is 6.73. The third kappa shape index (κ3) is 8.49. The van der Waals surface area contributed by atoms with Gasteiger partial charge in [0.05, 0.1) is 0 Å². The van der Waals surface area contributed by atoms with E-state index in [-0.39, 0.29) is 18.4 Å². The molecular formula is C29H32Br2N2O3. The average Bonchev–Trinajstić information content (AvgIpc) is 2.87. The van der Waals surface area contributed by atoms with Gasteiger partial charge in [-0.2, -0.15) is 0 Å². The molecule has 1 atom stereocenters. The first kappa shape index (κ1) is 27.9. The van der Waals surface area contributed by atoms with E-state index in [1.165, 1.54) is 0 Å². The van der Waals surface area contributed by atoms with Gasteiger partial charge >= 0.3 is 0 Å². The van der Waals surface area contributed by atoms with E-state index in [4.69, 9.17) is 4.74 Å². The monoisotopic (exact) mass is 614 g/mol. The molecule has 0 unspecified atom stereocenters. The summed E-state index contributed by atoms with van der Waals surface area (Å²) in [5.74, 6) is 0.485. The summed E-state index contributed by atoms with van der Waals surface area (Å²) >= 11 is 6.95. The summed E-state index contributed by atoms with van der Waals surface area (Å²) in [4.78, 5) is 28.7. The SMILES string of the molecule is Cc1cc(OCC(=O)N(Cc2ccc(Br)cc2)[C@H](Cc2ccccc2)C(=O)NCC(C)C)ccc1Br. The van der Waals surface area contributed by atoms with Crippen LogP contribution in [0, 0.1) is 12.8 Å². The smallest absolute Gasteiger partial charge is 0.261 e. The number of amides is 2. The maximum absolute atomic E-state index is 13.6. The molecule has 0 fully saturated rings. The van der Waals surface area contributed by atoms with Gasteiger partial charge in [-0.1, -0.05) is 88.2 Å². The van der Waals surface area contributed by atoms with Crippen molar-refractivity contribution in [2.75, 3.05) is 13.2 Å². The zero-order chi connectivity index (χ0) is 26.1. The number of hydrogen-bond acceptors (Lipinski definition) is 3. The van der Waals surface area contributed by atoms with Gasteiger partial charge in [-0.15, -0.1) is 0 Å². The Labute approximate surface area is 230 Å². The molecule has 3 rings (SSSR count). The van der Waals surface area contributed by atoms with E-state index in [1.807, 2.05) is 93.6 Å². The Hall–Kier alpha value is -2.64. The van der Waals surface area contributed by atoms with Crippen molar-refractivity contribution < 1.29 is 14.3 Å². The summed E-state index contributed by atoms with van der Waals surface area (Å²) in [6.07, 6.45) is 0.407. The van der Waals surface area contributed by atoms with Crippen molar-refractivity contribution in [3.8, 4) is 5.75 Å². The number of benzene rings is 3. The molecule has 0 bridgehead atoms. The number of hydrogen-bond donors (Lipinski definition) is 1. The highest BCUT2D eigenvalue weighted by Crippen LogP contribution is 2.22. The van der Waals surface area contributed by atoms with Gasteiger partial charge in [0, 0.05) is 28.5 Å². The van der Waals surface area contributed by atoms with Crippen molar-refractivity contribution in [3.05, 3.63) is 98.4 Å². The van der Waals surface area contributed by atoms with Crippen LogP contribution < -0.4 is 10.1 Å². The second-order valence-corrected chi connectivity index (χ2v) is 11.0. The van der Waals surface area contributed by atoms with Gasteiger partial charge in [-0.3, -0.25) is 9.59 Å². The van der Waals surface area contributed by atoms with Gasteiger partial charge in [0.25, 0.3) is 5.91 Å². The lowest BCUT2D eigenvalue weighted by atomic mass is 10.0. The Morgan fingerprint density at radius 2 is 1.64 bits per heavy atom. The molecular weight excluding hydrogens is 584 g/mol. The van der Waals surface area contributed by atoms with Crippen LogP contribution in [0.1, 0.15) is 30.5 Å². The fraction of sp³-hybridized carbons (Fsp3) is 0.310. The molecule has 7 heteroatoms. The topological polar surface area (TPSA) is 58.6 Å². The quantitative estimate of drug-likeness (QED) is 0.275. The summed E-state index contributed by atoms with van der Waals surface area (Å²) in [7, 11) is 0. The Kier molecular flexibility index (Phi) is 10.6. The van der Waals surface area contributed by atoms with Crippen LogP contribution in [0.2, 0.25) is 0 Å². The van der Waals surface area contributed by atoms with Crippen LogP contribution in [0.3, 0.4) is 0 Å². The number of nitrogens with one attached hydrogen (secondary N) is 1. The molecule has 1 N–H and O–H groups in total. The minimum Gasteiger partial charge on any atom is -0.484 e. The first-order valence-corrected chi connectivity index (χ1v) is 13.6. The second kappa shape index (κ2) is 13.6. The third-order valence-corrected chi connectivity index (χ3v) is 7.13. The van der Waals surface area contributed by atoms with Crippen LogP contribution in [-0.2, 0) is 22.6 Å². The lowest BCUT2D eigenvalue weighted by molar-refractivity contribution is -0.142. The highest BCUT2D eigenvalue weighted by atomic mass is 79.9. The zero-order valence-corrected chi connectivity index (χ0v) is 24.0. The summed E-state index contributed by atoms with van der Waals surface area (Å²) in [6, 6.07) is 22.5. The molecule has 3 aromatic carbocycles. The Balaban J connectivity index is 1.89. The summed E-state index contributed by atoms with van der Waals surface area (Å²) < 4.78 is 7.80. The van der Waals surface area contributed by atoms with E-state index < -0.39 is 6.04 Å². The molecule has 0 spiro atoms. The minimum absolute atomic E-state index is 0.166. The molecule has 0 aromatic heterocycles. The molecule has 5 nitrogen and oxygen atoms in total. The standard InChI is InChI=1S/C29H32Br2N2O3/c1-20(2)17-32-29(35)27(16-22-7-5-4-6-8-22)33(18-23-9-11-24(30)12-10-23)28(34)19-36-25-13-14-26(31)21(3)15-25/h4-15,20,27H,16-19H2,1-3H3,(H,32,35)/t27-/m1/s1. The number of carbonyl (C=O) groups is 2. The van der Waals surface area contributed by atoms with Gasteiger partial charge in [0.1, 0.15) is 11.8 Å². The molecule has 0 aliphatic heterocycles. The lowest BCUT2D eigenvalue weighted by Gasteiger charge is -2.31. The highest BCUT2D eigenvalue weighted by molar-refractivity contribution is 9.10. The molecule has 0 saturated heterocycles. The number of halogens is 2. The van der Waals surface area contributed by atoms with E-state index in [0.29, 0.717) is 31.2 Å². The van der Waals surface area contributed by atoms with E-state index in [2.05, 4.69) is 37.2 Å². The van der Waals surface area contributed by atoms with Gasteiger partial charge in [-0.05, 0) is 59.9 Å². The van der Waals surface area contributed by atoms with Crippen LogP contribution in [-0.4, -0.2) is 35.9 Å². The Morgan fingerprint density at radius 1 is 0.944 bits per heavy atom. The number of aryl methyl sites for hydroxylation is 1. The number of carbonyl (C=O) groups excluding carboxylic acids is 2. The van der Waals surface area contributed by atoms with Crippen molar-refractivity contribution in [1.29, 1.82) is 0 Å². The van der Waals surface area contributed by atoms with Crippen LogP contribution >= 0.6 is 31.9 Å². The fourth-order valence-corrected chi connectivity index (χ4v) is 4.21. The zero-order valence-electron chi connectivity index (χ0n) is 20.8. The fourth-order valence-electron chi connectivity index (χ4n) is 3.70. The van der Waals surface area contributed by atoms with Gasteiger partial charge < -0.3 is 15.0 Å². The Bertz CT molecular complexity index is 1150. The largest absolute Gasteiger partial charge is 0.484 e. The predicted molar refractivity (Wildman–Crippen MR) is 151 cm³/mol. The Morgan fingerprint density at radius 3 is 2.28 bits per heavy atom. The van der Waals surface area contributed by atoms with Crippen molar-refractivity contribution in [2.24, 2.45) is 5.92 Å². The minimum atomic E-state index is -0.683. The second-order valence-electron chi connectivity index (χ2n) is 9.19. The van der Waals surface area contributed by atoms with Gasteiger partial charge in [0.15, 0.2) is 6.61 Å². The lowest BCUT2D eigenvalue weighted by Crippen LogP contribution is -2.52. The number of rotatable bonds is 11. The molecule has 0 aliphatic carbocycles. The summed E-state index contributed by atoms with van der Waals surface area (Å²) in [5.41, 5.74) is 2.93. The van der Waals surface area contributed by atoms with E-state index >= 15 is 0 Å². The van der Waals surface area contributed by atoms with Gasteiger partial charge in [0.2, 0.25) is 5.91 Å². The maximum Gasteiger partial charge on any atom is 0.261 e. The molecule has 0 heterocycles. The van der Waals surface area contributed by atoms with Gasteiger partial charge in [-0.25, -0.2) is 0 Å². The number of nitrogens with zero attached hydrogens (tertiary/aromatic N) is 1. The van der Waals surface area contributed by atoms with Crippen LogP contribution in [0.25, 0.3) is 0 Å². The van der Waals surface area contributed by atoms with E-state index in [1.54, 1.807) is 4.90 Å². The van der Waals surface area contributed by atoms with Crippen molar-refractivity contribution >= 4 is 43.7 Å². The molecule has 3 aromatic rings. The predicted octanol–water partition coefficient (Wildman–Crippen LogP) is 6.31. The average molecular weight is 616 g/mol. The molecule has 0 radical (unpaired) electrons. The normalized spacial score (nSPS) is 11.7. The first-order valence-electron chi connectivity index (χ1n) is 12.0. The molecule has 190 valence electrons. The third-order valence-electron chi connectivity index (χ3n) is 5.71.